The molecule has 0 aliphatic carbocycles. The second kappa shape index (κ2) is 6.63. The van der Waals surface area contributed by atoms with Crippen LogP contribution in [0.1, 0.15) is 18.1 Å². The third-order valence-corrected chi connectivity index (χ3v) is 4.07. The van der Waals surface area contributed by atoms with Gasteiger partial charge in [0.15, 0.2) is 0 Å². The molecular weight excluding hydrogens is 329 g/mol. The second-order valence-corrected chi connectivity index (χ2v) is 5.73. The first-order valence-electron chi connectivity index (χ1n) is 7.93. The fourth-order valence-electron chi connectivity index (χ4n) is 2.93. The van der Waals surface area contributed by atoms with E-state index in [4.69, 9.17) is 0 Å². The molecule has 3 nitrogen and oxygen atoms in total. The topological polar surface area (TPSA) is 34.0 Å². The summed E-state index contributed by atoms with van der Waals surface area (Å²) in [5.74, 6) is -0.476. The van der Waals surface area contributed by atoms with E-state index in [1.54, 1.807) is 0 Å². The average molecular weight is 346 g/mol. The van der Waals surface area contributed by atoms with Gasteiger partial charge in [-0.1, -0.05) is 30.3 Å². The Kier molecular flexibility index (Phi) is 4.53. The van der Waals surface area contributed by atoms with Crippen molar-refractivity contribution in [1.29, 1.82) is 0 Å². The molecule has 0 spiro atoms. The fraction of sp³-hybridized carbons (Fsp3) is 0.211. The van der Waals surface area contributed by atoms with E-state index < -0.39 is 17.6 Å². The maximum absolute atomic E-state index is 13.0. The number of hydrogen-bond donors (Lipinski definition) is 1. The van der Waals surface area contributed by atoms with E-state index in [0.717, 1.165) is 29.1 Å². The Hall–Kier alpha value is -2.76. The quantitative estimate of drug-likeness (QED) is 0.719. The number of aromatic nitrogens is 1. The highest BCUT2D eigenvalue weighted by Crippen LogP contribution is 2.34. The van der Waals surface area contributed by atoms with Gasteiger partial charge in [0.05, 0.1) is 17.7 Å². The van der Waals surface area contributed by atoms with Crippen molar-refractivity contribution in [1.82, 2.24) is 4.57 Å². The number of carbonyl (C=O) groups is 1. The molecule has 0 unspecified atom stereocenters. The summed E-state index contributed by atoms with van der Waals surface area (Å²) in [6, 6.07) is 12.6. The summed E-state index contributed by atoms with van der Waals surface area (Å²) in [6.07, 6.45) is -2.62. The van der Waals surface area contributed by atoms with Crippen LogP contribution < -0.4 is 5.32 Å². The lowest BCUT2D eigenvalue weighted by molar-refractivity contribution is -0.137. The first kappa shape index (κ1) is 17.1. The van der Waals surface area contributed by atoms with Crippen molar-refractivity contribution in [2.75, 3.05) is 5.32 Å². The van der Waals surface area contributed by atoms with Gasteiger partial charge in [-0.3, -0.25) is 4.79 Å². The minimum absolute atomic E-state index is 0.0136. The molecule has 0 saturated heterocycles. The summed E-state index contributed by atoms with van der Waals surface area (Å²) < 4.78 is 41.1. The zero-order valence-electron chi connectivity index (χ0n) is 13.6. The molecule has 2 aromatic carbocycles. The van der Waals surface area contributed by atoms with E-state index in [2.05, 4.69) is 5.32 Å². The first-order chi connectivity index (χ1) is 11.9. The molecule has 0 fully saturated rings. The monoisotopic (exact) mass is 346 g/mol. The Morgan fingerprint density at radius 2 is 1.76 bits per heavy atom. The second-order valence-electron chi connectivity index (χ2n) is 5.73. The number of amides is 1. The van der Waals surface area contributed by atoms with Crippen LogP contribution in [0, 0.1) is 0 Å². The van der Waals surface area contributed by atoms with Gasteiger partial charge in [0.1, 0.15) is 0 Å². The number of rotatable bonds is 4. The highest BCUT2D eigenvalue weighted by molar-refractivity contribution is 5.96. The number of benzene rings is 2. The molecule has 0 aliphatic rings. The van der Waals surface area contributed by atoms with Crippen molar-refractivity contribution < 1.29 is 18.0 Å². The SMILES string of the molecule is CCn1cc(CC(=O)Nc2ccccc2C(F)(F)F)c2ccccc21. The van der Waals surface area contributed by atoms with Crippen molar-refractivity contribution in [3.8, 4) is 0 Å². The molecule has 0 bridgehead atoms. The molecule has 130 valence electrons. The summed E-state index contributed by atoms with van der Waals surface area (Å²) >= 11 is 0. The lowest BCUT2D eigenvalue weighted by Crippen LogP contribution is -2.18. The van der Waals surface area contributed by atoms with E-state index in [0.29, 0.717) is 0 Å². The number of fused-ring (bicyclic) bond motifs is 1. The third-order valence-electron chi connectivity index (χ3n) is 4.07. The Morgan fingerprint density at radius 3 is 2.48 bits per heavy atom. The van der Waals surface area contributed by atoms with Crippen LogP contribution in [0.15, 0.2) is 54.7 Å². The summed E-state index contributed by atoms with van der Waals surface area (Å²) in [4.78, 5) is 12.3. The van der Waals surface area contributed by atoms with Crippen LogP contribution in [0.3, 0.4) is 0 Å². The number of aryl methyl sites for hydroxylation is 1. The van der Waals surface area contributed by atoms with Crippen molar-refractivity contribution in [3.63, 3.8) is 0 Å². The number of halogens is 3. The molecule has 3 rings (SSSR count). The fourth-order valence-corrected chi connectivity index (χ4v) is 2.93. The number of nitrogens with zero attached hydrogens (tertiary/aromatic N) is 1. The molecule has 0 atom stereocenters. The van der Waals surface area contributed by atoms with Crippen LogP contribution >= 0.6 is 0 Å². The number of nitrogens with one attached hydrogen (secondary N) is 1. The molecule has 1 heterocycles. The highest BCUT2D eigenvalue weighted by atomic mass is 19.4. The smallest absolute Gasteiger partial charge is 0.347 e. The third kappa shape index (κ3) is 3.52. The molecule has 3 aromatic rings. The Morgan fingerprint density at radius 1 is 1.08 bits per heavy atom. The van der Waals surface area contributed by atoms with Crippen LogP contribution in [0.5, 0.6) is 0 Å². The van der Waals surface area contributed by atoms with Crippen LogP contribution in [0.4, 0.5) is 18.9 Å². The van der Waals surface area contributed by atoms with Crippen molar-refractivity contribution in [2.45, 2.75) is 26.1 Å². The zero-order chi connectivity index (χ0) is 18.0. The van der Waals surface area contributed by atoms with Gasteiger partial charge in [0, 0.05) is 23.6 Å². The van der Waals surface area contributed by atoms with Gasteiger partial charge in [-0.05, 0) is 30.7 Å². The lowest BCUT2D eigenvalue weighted by atomic mass is 10.1. The molecule has 1 N–H and O–H groups in total. The molecule has 0 saturated carbocycles. The van der Waals surface area contributed by atoms with Gasteiger partial charge in [-0.2, -0.15) is 13.2 Å². The van der Waals surface area contributed by atoms with E-state index in [-0.39, 0.29) is 12.1 Å². The van der Waals surface area contributed by atoms with Crippen molar-refractivity contribution >= 4 is 22.5 Å². The number of hydrogen-bond acceptors (Lipinski definition) is 1. The minimum Gasteiger partial charge on any atom is -0.347 e. The largest absolute Gasteiger partial charge is 0.418 e. The van der Waals surface area contributed by atoms with Crippen LogP contribution in [0.25, 0.3) is 10.9 Å². The number of alkyl halides is 3. The molecule has 1 aromatic heterocycles. The molecule has 0 radical (unpaired) electrons. The van der Waals surface area contributed by atoms with Crippen LogP contribution in [0.2, 0.25) is 0 Å². The summed E-state index contributed by atoms with van der Waals surface area (Å²) in [7, 11) is 0. The van der Waals surface area contributed by atoms with E-state index in [1.165, 1.54) is 18.2 Å². The van der Waals surface area contributed by atoms with E-state index in [1.807, 2.05) is 42.0 Å². The van der Waals surface area contributed by atoms with Gasteiger partial charge >= 0.3 is 6.18 Å². The zero-order valence-corrected chi connectivity index (χ0v) is 13.6. The summed E-state index contributed by atoms with van der Waals surface area (Å²) in [6.45, 7) is 2.74. The van der Waals surface area contributed by atoms with E-state index in [9.17, 15) is 18.0 Å². The molecule has 25 heavy (non-hydrogen) atoms. The highest BCUT2D eigenvalue weighted by Gasteiger charge is 2.33. The normalized spacial score (nSPS) is 11.7. The number of para-hydroxylation sites is 2. The number of carbonyl (C=O) groups excluding carboxylic acids is 1. The molecule has 0 aliphatic heterocycles. The molecule has 1 amide bonds. The van der Waals surface area contributed by atoms with Gasteiger partial charge in [0.2, 0.25) is 5.91 Å². The van der Waals surface area contributed by atoms with Gasteiger partial charge in [-0.15, -0.1) is 0 Å². The molecule has 6 heteroatoms. The van der Waals surface area contributed by atoms with Crippen LogP contribution in [-0.2, 0) is 23.9 Å². The average Bonchev–Trinajstić information content (AvgIpc) is 2.92. The summed E-state index contributed by atoms with van der Waals surface area (Å²) in [5, 5.41) is 3.32. The van der Waals surface area contributed by atoms with Gasteiger partial charge < -0.3 is 9.88 Å². The Labute approximate surface area is 143 Å². The van der Waals surface area contributed by atoms with E-state index >= 15 is 0 Å². The maximum Gasteiger partial charge on any atom is 0.418 e. The Bertz CT molecular complexity index is 912. The minimum atomic E-state index is -4.51. The Balaban J connectivity index is 1.85. The van der Waals surface area contributed by atoms with Crippen molar-refractivity contribution in [2.24, 2.45) is 0 Å². The predicted octanol–water partition coefficient (Wildman–Crippen LogP) is 4.86. The van der Waals surface area contributed by atoms with Gasteiger partial charge in [0.25, 0.3) is 0 Å². The maximum atomic E-state index is 13.0. The lowest BCUT2D eigenvalue weighted by Gasteiger charge is -2.13. The summed E-state index contributed by atoms with van der Waals surface area (Å²) in [5.41, 5.74) is 0.724. The van der Waals surface area contributed by atoms with Crippen molar-refractivity contribution in [3.05, 3.63) is 65.9 Å². The number of anilines is 1. The standard InChI is InChI=1S/C19H17F3N2O/c1-2-24-12-13(14-7-3-6-10-17(14)24)11-18(25)23-16-9-5-4-8-15(16)19(20,21)22/h3-10,12H,2,11H2,1H3,(H,23,25). The predicted molar refractivity (Wildman–Crippen MR) is 91.4 cm³/mol. The van der Waals surface area contributed by atoms with Crippen LogP contribution in [-0.4, -0.2) is 10.5 Å². The molecular formula is C19H17F3N2O. The van der Waals surface area contributed by atoms with Gasteiger partial charge in [-0.25, -0.2) is 0 Å². The first-order valence-corrected chi connectivity index (χ1v) is 7.93.